The van der Waals surface area contributed by atoms with Crippen molar-refractivity contribution >= 4 is 62.5 Å². The van der Waals surface area contributed by atoms with E-state index >= 15 is 0 Å². The van der Waals surface area contributed by atoms with E-state index in [1.54, 1.807) is 12.1 Å². The van der Waals surface area contributed by atoms with E-state index in [-0.39, 0.29) is 17.3 Å². The maximum atomic E-state index is 14.0. The van der Waals surface area contributed by atoms with Gasteiger partial charge >= 0.3 is 0 Å². The van der Waals surface area contributed by atoms with Crippen LogP contribution < -0.4 is 19.3 Å². The Hall–Kier alpha value is -4.00. The van der Waals surface area contributed by atoms with Gasteiger partial charge in [0.15, 0.2) is 23.2 Å². The van der Waals surface area contributed by atoms with Crippen molar-refractivity contribution in [1.82, 2.24) is 0 Å². The predicted octanol–water partition coefficient (Wildman–Crippen LogP) is 6.34. The number of hydrogen-bond acceptors (Lipinski definition) is 6. The number of hydrogen-bond donors (Lipinski definition) is 0. The molecule has 0 aromatic heterocycles. The Morgan fingerprint density at radius 3 is 1.79 bits per heavy atom. The summed E-state index contributed by atoms with van der Waals surface area (Å²) < 4.78 is 11.4. The van der Waals surface area contributed by atoms with Gasteiger partial charge in [-0.05, 0) is 126 Å². The number of nitrogens with zero attached hydrogens (tertiary/aromatic N) is 3. The molecular weight excluding hydrogens is 578 g/mol. The number of thiocarbonyl (C=S) groups is 1. The molecule has 0 unspecified atom stereocenters. The molecule has 0 saturated carbocycles. The Balaban J connectivity index is 1.91. The van der Waals surface area contributed by atoms with E-state index in [2.05, 4.69) is 15.9 Å². The smallest absolute Gasteiger partial charge is 0.270 e. The quantitative estimate of drug-likeness (QED) is 0.186. The lowest BCUT2D eigenvalue weighted by Gasteiger charge is -2.37. The summed E-state index contributed by atoms with van der Waals surface area (Å²) in [7, 11) is 1.47. The van der Waals surface area contributed by atoms with Gasteiger partial charge in [-0.2, -0.15) is 5.26 Å². The van der Waals surface area contributed by atoms with Gasteiger partial charge in [-0.1, -0.05) is 12.1 Å². The maximum absolute atomic E-state index is 14.0. The molecule has 39 heavy (non-hydrogen) atoms. The minimum atomic E-state index is -0.532. The Morgan fingerprint density at radius 2 is 1.36 bits per heavy atom. The molecule has 0 spiro atoms. The number of carbonyl (C=O) groups is 2. The average molecular weight is 605 g/mol. The Morgan fingerprint density at radius 1 is 0.872 bits per heavy atom. The zero-order chi connectivity index (χ0) is 28.4. The van der Waals surface area contributed by atoms with Crippen LogP contribution in [-0.4, -0.2) is 30.6 Å². The number of methoxy groups -OCH3 is 1. The predicted molar refractivity (Wildman–Crippen MR) is 159 cm³/mol. The van der Waals surface area contributed by atoms with E-state index < -0.39 is 11.8 Å². The van der Waals surface area contributed by atoms with Gasteiger partial charge in [0.05, 0.1) is 23.0 Å². The molecule has 1 fully saturated rings. The third-order valence-corrected chi connectivity index (χ3v) is 6.98. The molecule has 198 valence electrons. The molecule has 2 amide bonds. The lowest BCUT2D eigenvalue weighted by Crippen LogP contribution is -2.57. The first-order valence-electron chi connectivity index (χ1n) is 12.0. The lowest BCUT2D eigenvalue weighted by atomic mass is 10.0. The van der Waals surface area contributed by atoms with Gasteiger partial charge in [-0.3, -0.25) is 19.4 Å². The van der Waals surface area contributed by atoms with Crippen molar-refractivity contribution in [2.45, 2.75) is 27.7 Å². The van der Waals surface area contributed by atoms with Gasteiger partial charge in [0.25, 0.3) is 11.8 Å². The fourth-order valence-corrected chi connectivity index (χ4v) is 5.53. The van der Waals surface area contributed by atoms with Crippen LogP contribution in [0.3, 0.4) is 0 Å². The molecule has 1 aliphatic rings. The minimum absolute atomic E-state index is 0.0680. The van der Waals surface area contributed by atoms with Crippen LogP contribution in [0.1, 0.15) is 27.8 Å². The average Bonchev–Trinajstić information content (AvgIpc) is 2.84. The molecule has 7 nitrogen and oxygen atoms in total. The van der Waals surface area contributed by atoms with E-state index in [0.29, 0.717) is 32.9 Å². The highest BCUT2D eigenvalue weighted by Crippen LogP contribution is 2.38. The van der Waals surface area contributed by atoms with E-state index in [1.165, 1.54) is 23.0 Å². The topological polar surface area (TPSA) is 82.9 Å². The van der Waals surface area contributed by atoms with Gasteiger partial charge in [-0.25, -0.2) is 0 Å². The second-order valence-corrected chi connectivity index (χ2v) is 10.5. The van der Waals surface area contributed by atoms with Crippen molar-refractivity contribution in [1.29, 1.82) is 5.26 Å². The summed E-state index contributed by atoms with van der Waals surface area (Å²) in [4.78, 5) is 30.7. The number of aryl methyl sites for hydroxylation is 4. The summed E-state index contributed by atoms with van der Waals surface area (Å²) in [6.07, 6.45) is 1.51. The largest absolute Gasteiger partial charge is 0.493 e. The molecule has 0 atom stereocenters. The van der Waals surface area contributed by atoms with E-state index in [4.69, 9.17) is 27.0 Å². The molecule has 0 N–H and O–H groups in total. The number of nitriles is 1. The number of benzene rings is 3. The Labute approximate surface area is 241 Å². The van der Waals surface area contributed by atoms with Crippen molar-refractivity contribution in [3.05, 3.63) is 86.4 Å². The fraction of sp³-hybridized carbons (Fsp3) is 0.200. The molecular formula is C30H26BrN3O4S. The van der Waals surface area contributed by atoms with Crippen LogP contribution in [0.4, 0.5) is 11.4 Å². The number of halogens is 1. The zero-order valence-corrected chi connectivity index (χ0v) is 24.6. The summed E-state index contributed by atoms with van der Waals surface area (Å²) in [6, 6.07) is 16.7. The third-order valence-electron chi connectivity index (χ3n) is 6.02. The van der Waals surface area contributed by atoms with Crippen LogP contribution >= 0.6 is 28.1 Å². The zero-order valence-electron chi connectivity index (χ0n) is 22.2. The normalized spacial score (nSPS) is 13.5. The molecule has 0 aliphatic carbocycles. The number of carbonyl (C=O) groups excluding carboxylic acids is 2. The SMILES string of the molecule is COc1cc(C=C2C(=O)N(c3cc(C)cc(C)c3)C(=S)N(c3cc(C)cc(C)c3)C2=O)cc(Br)c1OCC#N. The molecule has 0 bridgehead atoms. The monoisotopic (exact) mass is 603 g/mol. The van der Waals surface area contributed by atoms with E-state index in [9.17, 15) is 9.59 Å². The van der Waals surface area contributed by atoms with Gasteiger partial charge in [0.1, 0.15) is 11.6 Å². The maximum Gasteiger partial charge on any atom is 0.270 e. The van der Waals surface area contributed by atoms with Crippen LogP contribution in [0.5, 0.6) is 11.5 Å². The lowest BCUT2D eigenvalue weighted by molar-refractivity contribution is -0.120. The molecule has 1 heterocycles. The standard InChI is InChI=1S/C30H26BrN3O4S/c1-17-8-18(2)11-22(10-17)33-28(35)24(14-21-15-25(31)27(38-7-6-32)26(16-21)37-5)29(36)34(30(33)39)23-12-19(3)9-20(4)13-23/h8-16H,7H2,1-5H3. The van der Waals surface area contributed by atoms with Crippen molar-refractivity contribution < 1.29 is 19.1 Å². The molecule has 4 rings (SSSR count). The van der Waals surface area contributed by atoms with Crippen LogP contribution in [0.2, 0.25) is 0 Å². The van der Waals surface area contributed by atoms with Crippen LogP contribution in [-0.2, 0) is 9.59 Å². The second-order valence-electron chi connectivity index (χ2n) is 9.29. The van der Waals surface area contributed by atoms with Gasteiger partial charge in [0.2, 0.25) is 0 Å². The van der Waals surface area contributed by atoms with Crippen LogP contribution in [0.25, 0.3) is 6.08 Å². The van der Waals surface area contributed by atoms with Crippen LogP contribution in [0, 0.1) is 39.0 Å². The van der Waals surface area contributed by atoms with E-state index in [0.717, 1.165) is 22.3 Å². The van der Waals surface area contributed by atoms with Gasteiger partial charge in [-0.15, -0.1) is 0 Å². The van der Waals surface area contributed by atoms with Gasteiger partial charge in [0, 0.05) is 0 Å². The number of ether oxygens (including phenoxy) is 2. The van der Waals surface area contributed by atoms with Crippen molar-refractivity contribution in [2.24, 2.45) is 0 Å². The number of amides is 2. The Kier molecular flexibility index (Phi) is 8.19. The van der Waals surface area contributed by atoms with Crippen molar-refractivity contribution in [3.8, 4) is 17.6 Å². The van der Waals surface area contributed by atoms with E-state index in [1.807, 2.05) is 70.2 Å². The second kappa shape index (κ2) is 11.4. The first-order valence-corrected chi connectivity index (χ1v) is 13.2. The summed E-state index contributed by atoms with van der Waals surface area (Å²) in [6.45, 7) is 7.60. The molecule has 3 aromatic rings. The molecule has 1 saturated heterocycles. The molecule has 1 aliphatic heterocycles. The highest BCUT2D eigenvalue weighted by molar-refractivity contribution is 9.10. The van der Waals surface area contributed by atoms with Crippen LogP contribution in [0.15, 0.2) is 58.6 Å². The molecule has 0 radical (unpaired) electrons. The number of anilines is 2. The first-order chi connectivity index (χ1) is 18.5. The minimum Gasteiger partial charge on any atom is -0.493 e. The molecule has 3 aromatic carbocycles. The number of rotatable bonds is 6. The summed E-state index contributed by atoms with van der Waals surface area (Å²) in [5.41, 5.74) is 5.45. The molecule has 9 heteroatoms. The highest BCUT2D eigenvalue weighted by atomic mass is 79.9. The highest BCUT2D eigenvalue weighted by Gasteiger charge is 2.41. The summed E-state index contributed by atoms with van der Waals surface area (Å²) in [5, 5.41) is 8.98. The van der Waals surface area contributed by atoms with Crippen molar-refractivity contribution in [2.75, 3.05) is 23.5 Å². The summed E-state index contributed by atoms with van der Waals surface area (Å²) >= 11 is 9.24. The third kappa shape index (κ3) is 5.72. The first kappa shape index (κ1) is 28.0. The fourth-order valence-electron chi connectivity index (χ4n) is 4.58. The Bertz CT molecular complexity index is 1480. The van der Waals surface area contributed by atoms with Crippen molar-refractivity contribution in [3.63, 3.8) is 0 Å². The van der Waals surface area contributed by atoms with Gasteiger partial charge < -0.3 is 9.47 Å². The summed E-state index contributed by atoms with van der Waals surface area (Å²) in [5.74, 6) is -0.376.